The number of anilines is 1. The average Bonchev–Trinajstić information content (AvgIpc) is 3.04. The van der Waals surface area contributed by atoms with Crippen molar-refractivity contribution < 1.29 is 18.8 Å². The lowest BCUT2D eigenvalue weighted by molar-refractivity contribution is -0.152. The fraction of sp³-hybridized carbons (Fsp3) is 0.158. The number of carbonyl (C=O) groups is 2. The molecule has 7 heteroatoms. The number of aromatic nitrogens is 1. The minimum absolute atomic E-state index is 0.0987. The molecule has 1 amide bonds. The number of para-hydroxylation sites is 1. The second kappa shape index (κ2) is 7.49. The van der Waals surface area contributed by atoms with Gasteiger partial charge in [-0.15, -0.1) is 0 Å². The Labute approximate surface area is 149 Å². The maximum Gasteiger partial charge on any atom is 0.312 e. The zero-order chi connectivity index (χ0) is 18.5. The van der Waals surface area contributed by atoms with Gasteiger partial charge in [-0.1, -0.05) is 23.4 Å². The molecule has 0 fully saturated rings. The summed E-state index contributed by atoms with van der Waals surface area (Å²) in [6.45, 7) is 1.47. The molecule has 1 atom stereocenters. The van der Waals surface area contributed by atoms with E-state index in [2.05, 4.69) is 10.5 Å². The van der Waals surface area contributed by atoms with E-state index in [0.29, 0.717) is 22.5 Å². The highest BCUT2D eigenvalue weighted by Crippen LogP contribution is 2.18. The van der Waals surface area contributed by atoms with Crippen LogP contribution in [-0.4, -0.2) is 23.1 Å². The van der Waals surface area contributed by atoms with E-state index < -0.39 is 18.0 Å². The minimum Gasteiger partial charge on any atom is -0.452 e. The van der Waals surface area contributed by atoms with Gasteiger partial charge < -0.3 is 14.6 Å². The molecular formula is C19H15N3O4. The molecule has 7 nitrogen and oxygen atoms in total. The van der Waals surface area contributed by atoms with E-state index in [1.165, 1.54) is 13.0 Å². The molecule has 0 unspecified atom stereocenters. The summed E-state index contributed by atoms with van der Waals surface area (Å²) in [5, 5.41) is 16.1. The maximum absolute atomic E-state index is 12.2. The molecule has 0 spiro atoms. The number of carbonyl (C=O) groups excluding carboxylic acids is 2. The predicted octanol–water partition coefficient (Wildman–Crippen LogP) is 2.81. The molecule has 3 rings (SSSR count). The first-order valence-corrected chi connectivity index (χ1v) is 7.90. The number of benzene rings is 2. The number of esters is 1. The topological polar surface area (TPSA) is 105 Å². The van der Waals surface area contributed by atoms with Gasteiger partial charge in [0.05, 0.1) is 18.1 Å². The Morgan fingerprint density at radius 1 is 1.27 bits per heavy atom. The first kappa shape index (κ1) is 17.2. The molecule has 0 aliphatic heterocycles. The number of ether oxygens (including phenoxy) is 1. The first-order chi connectivity index (χ1) is 12.6. The third kappa shape index (κ3) is 3.87. The van der Waals surface area contributed by atoms with E-state index in [1.54, 1.807) is 30.3 Å². The van der Waals surface area contributed by atoms with E-state index >= 15 is 0 Å². The van der Waals surface area contributed by atoms with Crippen LogP contribution < -0.4 is 5.32 Å². The lowest BCUT2D eigenvalue weighted by Crippen LogP contribution is -2.30. The lowest BCUT2D eigenvalue weighted by Gasteiger charge is -2.13. The third-order valence-corrected chi connectivity index (χ3v) is 3.70. The Bertz CT molecular complexity index is 1000. The van der Waals surface area contributed by atoms with E-state index in [0.717, 1.165) is 5.39 Å². The quantitative estimate of drug-likeness (QED) is 0.710. The van der Waals surface area contributed by atoms with Crippen LogP contribution in [0, 0.1) is 11.3 Å². The molecule has 0 aliphatic rings. The van der Waals surface area contributed by atoms with Crippen LogP contribution in [0.4, 0.5) is 5.69 Å². The summed E-state index contributed by atoms with van der Waals surface area (Å²) in [5.41, 5.74) is 1.92. The molecule has 0 saturated heterocycles. The van der Waals surface area contributed by atoms with E-state index in [9.17, 15) is 9.59 Å². The van der Waals surface area contributed by atoms with Crippen molar-refractivity contribution in [1.82, 2.24) is 5.16 Å². The average molecular weight is 349 g/mol. The smallest absolute Gasteiger partial charge is 0.312 e. The van der Waals surface area contributed by atoms with Crippen molar-refractivity contribution in [2.45, 2.75) is 19.4 Å². The van der Waals surface area contributed by atoms with Crippen LogP contribution in [0.15, 0.2) is 53.1 Å². The molecule has 26 heavy (non-hydrogen) atoms. The van der Waals surface area contributed by atoms with E-state index in [4.69, 9.17) is 14.5 Å². The molecule has 2 aromatic carbocycles. The number of nitrogens with one attached hydrogen (secondary N) is 1. The van der Waals surface area contributed by atoms with Crippen LogP contribution in [0.3, 0.4) is 0 Å². The third-order valence-electron chi connectivity index (χ3n) is 3.70. The fourth-order valence-corrected chi connectivity index (χ4v) is 2.41. The lowest BCUT2D eigenvalue weighted by atomic mass is 10.2. The van der Waals surface area contributed by atoms with Crippen molar-refractivity contribution in [2.75, 3.05) is 5.32 Å². The Hall–Kier alpha value is -3.66. The summed E-state index contributed by atoms with van der Waals surface area (Å²) in [7, 11) is 0. The molecule has 0 bridgehead atoms. The van der Waals surface area contributed by atoms with Gasteiger partial charge in [-0.2, -0.15) is 5.26 Å². The van der Waals surface area contributed by atoms with Crippen LogP contribution in [0.1, 0.15) is 18.2 Å². The maximum atomic E-state index is 12.2. The Balaban J connectivity index is 1.60. The molecule has 130 valence electrons. The SMILES string of the molecule is C[C@@H](OC(=O)Cc1noc2ccccc12)C(=O)Nc1cccc(C#N)c1. The molecule has 0 radical (unpaired) electrons. The minimum atomic E-state index is -0.994. The summed E-state index contributed by atoms with van der Waals surface area (Å²) >= 11 is 0. The van der Waals surface area contributed by atoms with Gasteiger partial charge in [0.15, 0.2) is 11.7 Å². The highest BCUT2D eigenvalue weighted by atomic mass is 16.5. The van der Waals surface area contributed by atoms with Gasteiger partial charge in [-0.25, -0.2) is 0 Å². The van der Waals surface area contributed by atoms with Crippen molar-refractivity contribution in [1.29, 1.82) is 5.26 Å². The van der Waals surface area contributed by atoms with Gasteiger partial charge >= 0.3 is 5.97 Å². The Morgan fingerprint density at radius 2 is 2.08 bits per heavy atom. The van der Waals surface area contributed by atoms with Gasteiger partial charge in [0.1, 0.15) is 5.69 Å². The molecular weight excluding hydrogens is 334 g/mol. The summed E-state index contributed by atoms with van der Waals surface area (Å²) in [4.78, 5) is 24.3. The molecule has 1 aromatic heterocycles. The standard InChI is InChI=1S/C19H15N3O4/c1-12(19(24)21-14-6-4-5-13(9-14)11-20)25-18(23)10-16-15-7-2-3-8-17(15)26-22-16/h2-9,12H,10H2,1H3,(H,21,24)/t12-/m1/s1. The van der Waals surface area contributed by atoms with Crippen LogP contribution in [0.2, 0.25) is 0 Å². The van der Waals surface area contributed by atoms with Crippen molar-refractivity contribution in [3.8, 4) is 6.07 Å². The number of hydrogen-bond acceptors (Lipinski definition) is 6. The number of nitrogens with zero attached hydrogens (tertiary/aromatic N) is 2. The number of hydrogen-bond donors (Lipinski definition) is 1. The zero-order valence-corrected chi connectivity index (χ0v) is 13.9. The molecule has 0 saturated carbocycles. The Kier molecular flexibility index (Phi) is 4.94. The van der Waals surface area contributed by atoms with Crippen molar-refractivity contribution in [3.05, 3.63) is 59.8 Å². The van der Waals surface area contributed by atoms with Gasteiger partial charge in [-0.3, -0.25) is 9.59 Å². The number of rotatable bonds is 5. The fourth-order valence-electron chi connectivity index (χ4n) is 2.41. The summed E-state index contributed by atoms with van der Waals surface area (Å²) in [6.07, 6.45) is -1.09. The monoisotopic (exact) mass is 349 g/mol. The number of amides is 1. The van der Waals surface area contributed by atoms with Crippen molar-refractivity contribution in [3.63, 3.8) is 0 Å². The van der Waals surface area contributed by atoms with Gasteiger partial charge in [0, 0.05) is 11.1 Å². The largest absolute Gasteiger partial charge is 0.452 e. The number of nitriles is 1. The zero-order valence-electron chi connectivity index (χ0n) is 13.9. The summed E-state index contributed by atoms with van der Waals surface area (Å²) in [6, 6.07) is 15.6. The molecule has 3 aromatic rings. The second-order valence-corrected chi connectivity index (χ2v) is 5.62. The molecule has 0 aliphatic carbocycles. The highest BCUT2D eigenvalue weighted by molar-refractivity contribution is 5.95. The number of fused-ring (bicyclic) bond motifs is 1. The Morgan fingerprint density at radius 3 is 2.88 bits per heavy atom. The van der Waals surface area contributed by atoms with Crippen LogP contribution in [0.5, 0.6) is 0 Å². The van der Waals surface area contributed by atoms with Crippen molar-refractivity contribution in [2.24, 2.45) is 0 Å². The molecule has 1 heterocycles. The van der Waals surface area contributed by atoms with Gasteiger partial charge in [0.2, 0.25) is 0 Å². The van der Waals surface area contributed by atoms with Gasteiger partial charge in [0.25, 0.3) is 5.91 Å². The summed E-state index contributed by atoms with van der Waals surface area (Å²) in [5.74, 6) is -1.07. The van der Waals surface area contributed by atoms with Crippen LogP contribution >= 0.6 is 0 Å². The van der Waals surface area contributed by atoms with E-state index in [1.807, 2.05) is 18.2 Å². The summed E-state index contributed by atoms with van der Waals surface area (Å²) < 4.78 is 10.3. The normalized spacial score (nSPS) is 11.5. The van der Waals surface area contributed by atoms with Crippen molar-refractivity contribution >= 4 is 28.5 Å². The molecule has 1 N–H and O–H groups in total. The van der Waals surface area contributed by atoms with Crippen LogP contribution in [0.25, 0.3) is 11.0 Å². The van der Waals surface area contributed by atoms with E-state index in [-0.39, 0.29) is 6.42 Å². The van der Waals surface area contributed by atoms with Gasteiger partial charge in [-0.05, 0) is 37.3 Å². The first-order valence-electron chi connectivity index (χ1n) is 7.90. The van der Waals surface area contributed by atoms with Crippen LogP contribution in [-0.2, 0) is 20.7 Å². The highest BCUT2D eigenvalue weighted by Gasteiger charge is 2.20. The second-order valence-electron chi connectivity index (χ2n) is 5.62. The predicted molar refractivity (Wildman–Crippen MR) is 93.1 cm³/mol.